The molecule has 0 radical (unpaired) electrons. The molecule has 10 aliphatic rings. The standard InChI is InChI=1S/C45H60N2O11/c1-40(2)33-32(50)34(51)42(4)31(44(33)21-55-39(53)43(38(44)58-40)12-5-6-13-43)9-14-41(3)35(56-37(52)36-45(41,42)57-36)26-11-16-54-30(26)18-27(29(49)20-48)23-7-8-25-24(17-23)10-15-47-22-46-19-28(25)47/h10-11,15-16,23-25,27-29,31,33-36,38,46,48-49,51H,5-9,12-14,17-22H2,1-4H3. The van der Waals surface area contributed by atoms with Crippen molar-refractivity contribution in [1.29, 1.82) is 0 Å². The number of esters is 2. The van der Waals surface area contributed by atoms with Crippen LogP contribution in [0.1, 0.15) is 103 Å². The molecule has 11 rings (SSSR count). The predicted molar refractivity (Wildman–Crippen MR) is 204 cm³/mol. The van der Waals surface area contributed by atoms with Crippen LogP contribution in [0, 0.1) is 57.2 Å². The summed E-state index contributed by atoms with van der Waals surface area (Å²) in [6.07, 6.45) is 8.66. The fourth-order valence-corrected chi connectivity index (χ4v) is 16.2. The molecule has 4 aliphatic carbocycles. The first-order valence-corrected chi connectivity index (χ1v) is 22.1. The van der Waals surface area contributed by atoms with E-state index < -0.39 is 75.3 Å². The smallest absolute Gasteiger partial charge is 0.339 e. The fraction of sp³-hybridized carbons (Fsp3) is 0.800. The fourth-order valence-electron chi connectivity index (χ4n) is 16.2. The number of nitrogens with zero attached hydrogens (tertiary/aromatic N) is 1. The minimum Gasteiger partial charge on any atom is -0.469 e. The highest BCUT2D eigenvalue weighted by molar-refractivity contribution is 5.92. The van der Waals surface area contributed by atoms with Crippen molar-refractivity contribution >= 4 is 17.7 Å². The van der Waals surface area contributed by atoms with E-state index in [1.54, 1.807) is 6.26 Å². The lowest BCUT2D eigenvalue weighted by atomic mass is 9.35. The molecule has 13 heteroatoms. The lowest BCUT2D eigenvalue weighted by Gasteiger charge is -2.67. The van der Waals surface area contributed by atoms with Gasteiger partial charge in [0, 0.05) is 40.8 Å². The van der Waals surface area contributed by atoms with E-state index >= 15 is 0 Å². The zero-order valence-electron chi connectivity index (χ0n) is 34.2. The molecule has 0 bridgehead atoms. The molecule has 3 spiro atoms. The molecule has 58 heavy (non-hydrogen) atoms. The summed E-state index contributed by atoms with van der Waals surface area (Å²) >= 11 is 0. The summed E-state index contributed by atoms with van der Waals surface area (Å²) in [7, 11) is 0. The van der Waals surface area contributed by atoms with E-state index in [0.717, 1.165) is 45.3 Å². The zero-order chi connectivity index (χ0) is 40.4. The van der Waals surface area contributed by atoms with E-state index in [0.29, 0.717) is 61.3 Å². The van der Waals surface area contributed by atoms with Crippen molar-refractivity contribution < 1.29 is 53.1 Å². The number of hydrogen-bond donors (Lipinski definition) is 4. The largest absolute Gasteiger partial charge is 0.469 e. The van der Waals surface area contributed by atoms with Gasteiger partial charge in [0.25, 0.3) is 0 Å². The lowest BCUT2D eigenvalue weighted by molar-refractivity contribution is -0.264. The summed E-state index contributed by atoms with van der Waals surface area (Å²) in [6.45, 7) is 9.31. The molecular formula is C45H60N2O11. The summed E-state index contributed by atoms with van der Waals surface area (Å²) < 4.78 is 32.6. The number of ketones is 1. The van der Waals surface area contributed by atoms with Gasteiger partial charge in [0.2, 0.25) is 0 Å². The van der Waals surface area contributed by atoms with Crippen LogP contribution in [0.3, 0.4) is 0 Å². The number of ether oxygens (including phenoxy) is 4. The van der Waals surface area contributed by atoms with Crippen molar-refractivity contribution in [1.82, 2.24) is 10.2 Å². The van der Waals surface area contributed by atoms with Crippen molar-refractivity contribution in [3.8, 4) is 0 Å². The van der Waals surface area contributed by atoms with Gasteiger partial charge in [0.1, 0.15) is 30.2 Å². The molecule has 9 fully saturated rings. The highest BCUT2D eigenvalue weighted by Gasteiger charge is 2.91. The molecule has 5 saturated heterocycles. The highest BCUT2D eigenvalue weighted by Crippen LogP contribution is 2.81. The zero-order valence-corrected chi connectivity index (χ0v) is 34.2. The van der Waals surface area contributed by atoms with Gasteiger partial charge in [-0.3, -0.25) is 14.9 Å². The van der Waals surface area contributed by atoms with E-state index in [2.05, 4.69) is 29.4 Å². The van der Waals surface area contributed by atoms with Gasteiger partial charge in [-0.25, -0.2) is 4.79 Å². The average molecular weight is 805 g/mol. The number of aliphatic hydroxyl groups is 3. The number of Topliss-reactive ketones (excluding diaryl/α,β-unsaturated/α-hetero) is 1. The van der Waals surface area contributed by atoms with Gasteiger partial charge in [-0.15, -0.1) is 0 Å². The van der Waals surface area contributed by atoms with Crippen LogP contribution < -0.4 is 5.32 Å². The third-order valence-electron chi connectivity index (χ3n) is 18.6. The molecule has 16 atom stereocenters. The number of allylic oxidation sites excluding steroid dienone is 1. The molecule has 7 heterocycles. The molecule has 4 N–H and O–H groups in total. The molecule has 16 unspecified atom stereocenters. The minimum atomic E-state index is -1.47. The maximum Gasteiger partial charge on any atom is 0.339 e. The predicted octanol–water partition coefficient (Wildman–Crippen LogP) is 3.58. The van der Waals surface area contributed by atoms with Gasteiger partial charge in [-0.05, 0) is 101 Å². The SMILES string of the molecule is CC1(C)OC2C3(CCCC3)C(=O)OCC23C1C(=O)C(O)C1(C)C3CCC2(C)C(c3ccoc3CC(C(O)CO)C3CCC4C(C=CN5CNCC45)C3)OC(=O)C3OC321. The van der Waals surface area contributed by atoms with E-state index in [-0.39, 0.29) is 42.7 Å². The maximum atomic E-state index is 15.0. The highest BCUT2D eigenvalue weighted by atomic mass is 16.7. The van der Waals surface area contributed by atoms with Crippen molar-refractivity contribution in [2.45, 2.75) is 140 Å². The number of carbonyl (C=O) groups excluding carboxylic acids is 3. The van der Waals surface area contributed by atoms with Crippen LogP contribution in [0.4, 0.5) is 0 Å². The van der Waals surface area contributed by atoms with E-state index in [1.165, 1.54) is 0 Å². The summed E-state index contributed by atoms with van der Waals surface area (Å²) in [5.41, 5.74) is -5.46. The van der Waals surface area contributed by atoms with Crippen LogP contribution in [-0.4, -0.2) is 106 Å². The van der Waals surface area contributed by atoms with E-state index in [1.807, 2.05) is 26.8 Å². The first kappa shape index (κ1) is 38.1. The number of epoxide rings is 1. The van der Waals surface area contributed by atoms with Gasteiger partial charge in [-0.2, -0.15) is 0 Å². The molecule has 316 valence electrons. The summed E-state index contributed by atoms with van der Waals surface area (Å²) in [4.78, 5) is 45.4. The molecule has 1 aromatic rings. The summed E-state index contributed by atoms with van der Waals surface area (Å²) in [5.74, 6) is -0.848. The number of hydrogen-bond acceptors (Lipinski definition) is 13. The number of furan rings is 1. The van der Waals surface area contributed by atoms with E-state index in [4.69, 9.17) is 23.4 Å². The quantitative estimate of drug-likeness (QED) is 0.242. The Morgan fingerprint density at radius 3 is 2.59 bits per heavy atom. The van der Waals surface area contributed by atoms with Crippen LogP contribution in [-0.2, 0) is 39.8 Å². The second-order valence-corrected chi connectivity index (χ2v) is 21.1. The molecule has 1 aromatic heterocycles. The first-order chi connectivity index (χ1) is 27.7. The van der Waals surface area contributed by atoms with Crippen LogP contribution in [0.2, 0.25) is 0 Å². The van der Waals surface area contributed by atoms with Crippen LogP contribution in [0.15, 0.2) is 29.0 Å². The Labute approximate surface area is 339 Å². The maximum absolute atomic E-state index is 15.0. The first-order valence-electron chi connectivity index (χ1n) is 22.1. The van der Waals surface area contributed by atoms with Crippen LogP contribution >= 0.6 is 0 Å². The topological polar surface area (TPSA) is 181 Å². The normalized spacial score (nSPS) is 48.7. The molecule has 0 amide bonds. The Hall–Kier alpha value is -2.81. The molecule has 6 aliphatic heterocycles. The Kier molecular flexibility index (Phi) is 8.15. The van der Waals surface area contributed by atoms with Gasteiger partial charge in [0.05, 0.1) is 48.7 Å². The van der Waals surface area contributed by atoms with Crippen molar-refractivity contribution in [2.24, 2.45) is 57.2 Å². The average Bonchev–Trinajstić information content (AvgIpc) is 3.63. The van der Waals surface area contributed by atoms with Gasteiger partial charge < -0.3 is 43.6 Å². The van der Waals surface area contributed by atoms with Crippen LogP contribution in [0.25, 0.3) is 0 Å². The minimum absolute atomic E-state index is 0.0191. The van der Waals surface area contributed by atoms with Gasteiger partial charge in [-0.1, -0.05) is 32.8 Å². The van der Waals surface area contributed by atoms with Crippen LogP contribution in [0.5, 0.6) is 0 Å². The molecule has 4 saturated carbocycles. The number of nitrogens with one attached hydrogen (secondary N) is 1. The Balaban J connectivity index is 0.950. The third-order valence-corrected chi connectivity index (χ3v) is 18.6. The second-order valence-electron chi connectivity index (χ2n) is 21.1. The second kappa shape index (κ2) is 12.4. The van der Waals surface area contributed by atoms with Gasteiger partial charge in [0.15, 0.2) is 11.9 Å². The number of cyclic esters (lactones) is 2. The third kappa shape index (κ3) is 4.46. The number of aliphatic hydroxyl groups excluding tert-OH is 3. The van der Waals surface area contributed by atoms with E-state index in [9.17, 15) is 29.7 Å². The lowest BCUT2D eigenvalue weighted by Crippen LogP contribution is -2.77. The van der Waals surface area contributed by atoms with Gasteiger partial charge >= 0.3 is 11.9 Å². The Morgan fingerprint density at radius 2 is 1.81 bits per heavy atom. The van der Waals surface area contributed by atoms with Crippen molar-refractivity contribution in [3.05, 3.63) is 35.9 Å². The Bertz CT molecular complexity index is 1940. The van der Waals surface area contributed by atoms with Crippen molar-refractivity contribution in [2.75, 3.05) is 26.4 Å². The molecule has 0 aromatic carbocycles. The Morgan fingerprint density at radius 1 is 1.02 bits per heavy atom. The molecular weight excluding hydrogens is 744 g/mol. The van der Waals surface area contributed by atoms with Crippen molar-refractivity contribution in [3.63, 3.8) is 0 Å². The molecule has 13 nitrogen and oxygen atoms in total. The summed E-state index contributed by atoms with van der Waals surface area (Å²) in [6, 6.07) is 2.33. The number of rotatable bonds is 6. The number of carbonyl (C=O) groups is 3. The monoisotopic (exact) mass is 804 g/mol. The summed E-state index contributed by atoms with van der Waals surface area (Å²) in [5, 5.41) is 37.9. The number of fused-ring (bicyclic) bond motifs is 5.